The lowest BCUT2D eigenvalue weighted by atomic mass is 9.73. The average molecular weight is 416 g/mol. The molecule has 5 heteroatoms. The first-order valence-electron chi connectivity index (χ1n) is 8.75. The molecular weight excluding hydrogens is 394 g/mol. The van der Waals surface area contributed by atoms with Crippen LogP contribution in [0.15, 0.2) is 50.9 Å². The van der Waals surface area contributed by atoms with Crippen molar-refractivity contribution in [3.63, 3.8) is 0 Å². The third-order valence-corrected chi connectivity index (χ3v) is 6.99. The largest absolute Gasteiger partial charge is 0.253 e. The fourth-order valence-corrected chi connectivity index (χ4v) is 5.42. The molecule has 2 aliphatic carbocycles. The zero-order valence-electron chi connectivity index (χ0n) is 14.5. The van der Waals surface area contributed by atoms with Crippen LogP contribution in [0.4, 0.5) is 5.13 Å². The second-order valence-electron chi connectivity index (χ2n) is 7.49. The monoisotopic (exact) mass is 415 g/mol. The second-order valence-corrected chi connectivity index (χ2v) is 9.26. The molecule has 2 bridgehead atoms. The van der Waals surface area contributed by atoms with Crippen molar-refractivity contribution in [2.45, 2.75) is 33.1 Å². The summed E-state index contributed by atoms with van der Waals surface area (Å²) < 4.78 is 1.06. The minimum absolute atomic E-state index is 0.337. The number of aromatic nitrogens is 1. The van der Waals surface area contributed by atoms with E-state index in [0.717, 1.165) is 32.7 Å². The Balaban J connectivity index is 1.42. The molecule has 0 saturated heterocycles. The number of hydrazone groups is 1. The Labute approximate surface area is 161 Å². The van der Waals surface area contributed by atoms with E-state index in [4.69, 9.17) is 0 Å². The van der Waals surface area contributed by atoms with Crippen LogP contribution in [-0.4, -0.2) is 11.2 Å². The minimum atomic E-state index is 0.337. The van der Waals surface area contributed by atoms with Gasteiger partial charge in [0.1, 0.15) is 0 Å². The highest BCUT2D eigenvalue weighted by Crippen LogP contribution is 2.58. The van der Waals surface area contributed by atoms with Crippen molar-refractivity contribution < 1.29 is 0 Å². The molecule has 25 heavy (non-hydrogen) atoms. The summed E-state index contributed by atoms with van der Waals surface area (Å²) in [5.74, 6) is 1.63. The van der Waals surface area contributed by atoms with Crippen LogP contribution in [0, 0.1) is 17.3 Å². The molecule has 2 aliphatic rings. The van der Waals surface area contributed by atoms with Crippen LogP contribution in [0.1, 0.15) is 33.1 Å². The van der Waals surface area contributed by atoms with Gasteiger partial charge in [0.25, 0.3) is 0 Å². The SMILES string of the molecule is CC1(C)C(=CC=NNc2nc(-c3cccc(Br)c3)cs2)C2CCC1C2. The Kier molecular flexibility index (Phi) is 4.54. The normalized spacial score (nSPS) is 26.0. The molecule has 130 valence electrons. The van der Waals surface area contributed by atoms with Gasteiger partial charge >= 0.3 is 0 Å². The molecule has 0 amide bonds. The number of rotatable bonds is 4. The fraction of sp³-hybridized carbons (Fsp3) is 0.400. The molecular formula is C20H22BrN3S. The summed E-state index contributed by atoms with van der Waals surface area (Å²) in [5.41, 5.74) is 7.05. The third-order valence-electron chi connectivity index (χ3n) is 5.75. The highest BCUT2D eigenvalue weighted by molar-refractivity contribution is 9.10. The maximum Gasteiger partial charge on any atom is 0.203 e. The molecule has 2 saturated carbocycles. The van der Waals surface area contributed by atoms with Crippen LogP contribution in [-0.2, 0) is 0 Å². The van der Waals surface area contributed by atoms with E-state index >= 15 is 0 Å². The molecule has 1 heterocycles. The highest BCUT2D eigenvalue weighted by Gasteiger charge is 2.48. The van der Waals surface area contributed by atoms with Gasteiger partial charge in [0, 0.05) is 21.6 Å². The van der Waals surface area contributed by atoms with Crippen LogP contribution in [0.2, 0.25) is 0 Å². The first-order chi connectivity index (χ1) is 12.0. The first-order valence-corrected chi connectivity index (χ1v) is 10.4. The molecule has 1 N–H and O–H groups in total. The van der Waals surface area contributed by atoms with Crippen molar-refractivity contribution in [1.82, 2.24) is 4.98 Å². The Morgan fingerprint density at radius 2 is 2.24 bits per heavy atom. The van der Waals surface area contributed by atoms with Crippen LogP contribution < -0.4 is 5.43 Å². The number of anilines is 1. The number of benzene rings is 1. The average Bonchev–Trinajstić information content (AvgIpc) is 3.28. The summed E-state index contributed by atoms with van der Waals surface area (Å²) in [7, 11) is 0. The van der Waals surface area contributed by atoms with Crippen molar-refractivity contribution in [2.75, 3.05) is 5.43 Å². The Hall–Kier alpha value is -1.46. The number of halogens is 1. The van der Waals surface area contributed by atoms with Crippen molar-refractivity contribution in [3.05, 3.63) is 45.8 Å². The van der Waals surface area contributed by atoms with Gasteiger partial charge in [0.15, 0.2) is 0 Å². The summed E-state index contributed by atoms with van der Waals surface area (Å²) >= 11 is 5.08. The van der Waals surface area contributed by atoms with Crippen molar-refractivity contribution >= 4 is 38.6 Å². The predicted molar refractivity (Wildman–Crippen MR) is 110 cm³/mol. The fourth-order valence-electron chi connectivity index (χ4n) is 4.35. The lowest BCUT2D eigenvalue weighted by molar-refractivity contribution is 0.288. The summed E-state index contributed by atoms with van der Waals surface area (Å²) in [4.78, 5) is 4.61. The number of hydrogen-bond acceptors (Lipinski definition) is 4. The lowest BCUT2D eigenvalue weighted by Crippen LogP contribution is -2.22. The zero-order chi connectivity index (χ0) is 17.4. The van der Waals surface area contributed by atoms with Gasteiger partial charge < -0.3 is 0 Å². The number of nitrogens with zero attached hydrogens (tertiary/aromatic N) is 2. The molecule has 2 aromatic rings. The van der Waals surface area contributed by atoms with Crippen molar-refractivity contribution in [1.29, 1.82) is 0 Å². The summed E-state index contributed by atoms with van der Waals surface area (Å²) in [5, 5.41) is 7.24. The van der Waals surface area contributed by atoms with Gasteiger partial charge in [0.2, 0.25) is 5.13 Å². The van der Waals surface area contributed by atoms with Gasteiger partial charge in [-0.05, 0) is 54.7 Å². The first kappa shape index (κ1) is 17.0. The Morgan fingerprint density at radius 1 is 1.36 bits per heavy atom. The molecule has 0 aliphatic heterocycles. The molecule has 2 fully saturated rings. The topological polar surface area (TPSA) is 37.3 Å². The van der Waals surface area contributed by atoms with Gasteiger partial charge in [-0.2, -0.15) is 5.10 Å². The Morgan fingerprint density at radius 3 is 3.00 bits per heavy atom. The van der Waals surface area contributed by atoms with Crippen LogP contribution >= 0.6 is 27.3 Å². The van der Waals surface area contributed by atoms with E-state index in [9.17, 15) is 0 Å². The van der Waals surface area contributed by atoms with Gasteiger partial charge in [-0.25, -0.2) is 4.98 Å². The molecule has 0 radical (unpaired) electrons. The zero-order valence-corrected chi connectivity index (χ0v) is 16.9. The van der Waals surface area contributed by atoms with E-state index in [1.807, 2.05) is 18.3 Å². The summed E-state index contributed by atoms with van der Waals surface area (Å²) in [6.07, 6.45) is 8.23. The number of fused-ring (bicyclic) bond motifs is 2. The van der Waals surface area contributed by atoms with E-state index in [1.54, 1.807) is 16.9 Å². The minimum Gasteiger partial charge on any atom is -0.253 e. The van der Waals surface area contributed by atoms with Crippen LogP contribution in [0.3, 0.4) is 0 Å². The van der Waals surface area contributed by atoms with Gasteiger partial charge in [-0.3, -0.25) is 5.43 Å². The van der Waals surface area contributed by atoms with Crippen LogP contribution in [0.25, 0.3) is 11.3 Å². The molecule has 1 aromatic heterocycles. The molecule has 2 atom stereocenters. The van der Waals surface area contributed by atoms with Crippen LogP contribution in [0.5, 0.6) is 0 Å². The van der Waals surface area contributed by atoms with Gasteiger partial charge in [0.05, 0.1) is 5.69 Å². The standard InChI is InChI=1S/C20H22BrN3S/c1-20(2)15-7-6-13(10-15)17(20)8-9-22-24-19-23-18(12-25-19)14-4-3-5-16(21)11-14/h3-5,8-9,11-13,15H,6-7,10H2,1-2H3,(H,23,24). The molecule has 4 rings (SSSR count). The van der Waals surface area contributed by atoms with Crippen molar-refractivity contribution in [3.8, 4) is 11.3 Å². The van der Waals surface area contributed by atoms with Gasteiger partial charge in [-0.15, -0.1) is 11.3 Å². The van der Waals surface area contributed by atoms with Gasteiger partial charge in [-0.1, -0.05) is 47.5 Å². The number of allylic oxidation sites excluding steroid dienone is 2. The second kappa shape index (κ2) is 6.69. The highest BCUT2D eigenvalue weighted by atomic mass is 79.9. The molecule has 0 spiro atoms. The number of thiazole rings is 1. The summed E-state index contributed by atoms with van der Waals surface area (Å²) in [6.45, 7) is 4.77. The molecule has 3 nitrogen and oxygen atoms in total. The van der Waals surface area contributed by atoms with E-state index in [-0.39, 0.29) is 0 Å². The van der Waals surface area contributed by atoms with E-state index in [0.29, 0.717) is 5.41 Å². The Bertz CT molecular complexity index is 837. The molecule has 1 aromatic carbocycles. The smallest absolute Gasteiger partial charge is 0.203 e. The van der Waals surface area contributed by atoms with E-state index < -0.39 is 0 Å². The number of hydrogen-bond donors (Lipinski definition) is 1. The third kappa shape index (κ3) is 3.32. The maximum absolute atomic E-state index is 4.61. The quantitative estimate of drug-likeness (QED) is 0.466. The van der Waals surface area contributed by atoms with Crippen molar-refractivity contribution in [2.24, 2.45) is 22.4 Å². The molecule has 2 unspecified atom stereocenters. The summed E-state index contributed by atoms with van der Waals surface area (Å²) in [6, 6.07) is 8.18. The lowest BCUT2D eigenvalue weighted by Gasteiger charge is -2.32. The van der Waals surface area contributed by atoms with E-state index in [2.05, 4.69) is 68.9 Å². The van der Waals surface area contributed by atoms with E-state index in [1.165, 1.54) is 19.3 Å². The predicted octanol–water partition coefficient (Wildman–Crippen LogP) is 6.35. The number of nitrogens with one attached hydrogen (secondary N) is 1. The maximum atomic E-state index is 4.61.